The van der Waals surface area contributed by atoms with E-state index in [4.69, 9.17) is 59.3 Å². The van der Waals surface area contributed by atoms with Gasteiger partial charge in [0.05, 0.1) is 16.7 Å². The number of benzene rings is 9. The molecule has 0 N–H and O–H groups in total. The minimum absolute atomic E-state index is 0.168. The second kappa shape index (κ2) is 14.4. The Hall–Kier alpha value is -7.17. The summed E-state index contributed by atoms with van der Waals surface area (Å²) in [4.78, 5) is 0. The van der Waals surface area contributed by atoms with E-state index in [9.17, 15) is 0 Å². The number of nitrogens with zero attached hydrogens (tertiary/aromatic N) is 2. The fourth-order valence-electron chi connectivity index (χ4n) is 9.99. The average Bonchev–Trinajstić information content (AvgIpc) is 4.01. The predicted octanol–water partition coefficient (Wildman–Crippen LogP) is 6.34. The fourth-order valence-corrected chi connectivity index (χ4v) is 9.99. The van der Waals surface area contributed by atoms with E-state index in [-0.39, 0.29) is 21.9 Å². The maximum Gasteiger partial charge on any atom is 0.135 e. The van der Waals surface area contributed by atoms with Gasteiger partial charge in [0, 0.05) is 49.2 Å². The molecule has 0 saturated heterocycles. The lowest BCUT2D eigenvalue weighted by Crippen LogP contribution is -2.48. The van der Waals surface area contributed by atoms with Crippen LogP contribution in [0, 0.1) is 0 Å². The molecule has 12 rings (SSSR count). The van der Waals surface area contributed by atoms with Crippen LogP contribution in [0.5, 0.6) is 0 Å². The van der Waals surface area contributed by atoms with Gasteiger partial charge in [0.15, 0.2) is 0 Å². The Balaban J connectivity index is 1.17. The molecule has 14 radical (unpaired) electrons. The molecule has 9 aromatic carbocycles. The largest absolute Gasteiger partial charge is 0.456 e. The van der Waals surface area contributed by atoms with Gasteiger partial charge in [-0.2, -0.15) is 0 Å². The van der Waals surface area contributed by atoms with E-state index in [1.807, 2.05) is 83.4 Å². The van der Waals surface area contributed by atoms with Crippen molar-refractivity contribution in [1.29, 1.82) is 0 Å². The van der Waals surface area contributed by atoms with Gasteiger partial charge in [-0.05, 0) is 81.7 Å². The van der Waals surface area contributed by atoms with E-state index in [0.29, 0.717) is 43.8 Å². The first-order valence-electron chi connectivity index (χ1n) is 21.0. The van der Waals surface area contributed by atoms with Crippen molar-refractivity contribution in [2.24, 2.45) is 0 Å². The zero-order chi connectivity index (χ0) is 43.5. The van der Waals surface area contributed by atoms with Gasteiger partial charge >= 0.3 is 0 Å². The summed E-state index contributed by atoms with van der Waals surface area (Å²) < 4.78 is 10.5. The molecule has 0 amide bonds. The number of fused-ring (bicyclic) bond motifs is 9. The molecule has 0 aliphatic carbocycles. The molecular weight excluding hydrogens is 768 g/mol. The van der Waals surface area contributed by atoms with Gasteiger partial charge in [0.25, 0.3) is 0 Å². The molecular formula is C54H27B7N2O. The molecule has 280 valence electrons. The molecule has 0 unspecified atom stereocenters. The molecule has 12 aromatic rings. The van der Waals surface area contributed by atoms with Crippen LogP contribution in [0.25, 0.3) is 110 Å². The maximum absolute atomic E-state index is 7.47. The van der Waals surface area contributed by atoms with E-state index in [1.165, 1.54) is 0 Å². The van der Waals surface area contributed by atoms with Crippen molar-refractivity contribution in [2.75, 3.05) is 0 Å². The summed E-state index contributed by atoms with van der Waals surface area (Å²) in [6, 6.07) is 55.7. The van der Waals surface area contributed by atoms with Crippen LogP contribution in [-0.2, 0) is 0 Å². The molecule has 0 aliphatic rings. The van der Waals surface area contributed by atoms with Crippen LogP contribution >= 0.6 is 0 Å². The Labute approximate surface area is 379 Å². The Bertz CT molecular complexity index is 3930. The summed E-state index contributed by atoms with van der Waals surface area (Å²) in [5, 5.41) is 5.28. The second-order valence-corrected chi connectivity index (χ2v) is 16.3. The van der Waals surface area contributed by atoms with Crippen molar-refractivity contribution < 1.29 is 4.42 Å². The highest BCUT2D eigenvalue weighted by Gasteiger charge is 2.26. The number of rotatable bonds is 5. The van der Waals surface area contributed by atoms with Crippen LogP contribution in [-0.4, -0.2) is 64.1 Å². The van der Waals surface area contributed by atoms with Crippen molar-refractivity contribution in [3.63, 3.8) is 0 Å². The zero-order valence-corrected chi connectivity index (χ0v) is 34.4. The van der Waals surface area contributed by atoms with E-state index in [2.05, 4.69) is 89.5 Å². The van der Waals surface area contributed by atoms with Gasteiger partial charge in [0.2, 0.25) is 0 Å². The molecule has 10 heteroatoms. The van der Waals surface area contributed by atoms with Gasteiger partial charge in [-0.1, -0.05) is 143 Å². The molecule has 64 heavy (non-hydrogen) atoms. The van der Waals surface area contributed by atoms with Crippen LogP contribution in [0.1, 0.15) is 0 Å². The number of aromatic nitrogens is 2. The van der Waals surface area contributed by atoms with Crippen LogP contribution in [0.15, 0.2) is 168 Å². The van der Waals surface area contributed by atoms with E-state index >= 15 is 0 Å². The maximum atomic E-state index is 7.47. The summed E-state index contributed by atoms with van der Waals surface area (Å²) >= 11 is 0. The normalized spacial score (nSPS) is 11.9. The highest BCUT2D eigenvalue weighted by molar-refractivity contribution is 6.69. The first-order valence-corrected chi connectivity index (χ1v) is 21.0. The molecule has 0 spiro atoms. The Morgan fingerprint density at radius 1 is 0.344 bits per heavy atom. The van der Waals surface area contributed by atoms with Crippen LogP contribution in [0.3, 0.4) is 0 Å². The molecule has 0 saturated carbocycles. The van der Waals surface area contributed by atoms with Crippen molar-refractivity contribution in [3.05, 3.63) is 164 Å². The summed E-state index contributed by atoms with van der Waals surface area (Å²) in [6.45, 7) is 0. The molecule has 0 aliphatic heterocycles. The first-order chi connectivity index (χ1) is 31.2. The number of furan rings is 1. The van der Waals surface area contributed by atoms with Crippen LogP contribution < -0.4 is 38.2 Å². The zero-order valence-electron chi connectivity index (χ0n) is 34.4. The Morgan fingerprint density at radius 2 is 0.953 bits per heavy atom. The van der Waals surface area contributed by atoms with Crippen LogP contribution in [0.2, 0.25) is 0 Å². The Morgan fingerprint density at radius 3 is 1.72 bits per heavy atom. The third kappa shape index (κ3) is 5.45. The number of para-hydroxylation sites is 2. The van der Waals surface area contributed by atoms with Crippen molar-refractivity contribution >= 4 is 159 Å². The van der Waals surface area contributed by atoms with Gasteiger partial charge < -0.3 is 13.6 Å². The lowest BCUT2D eigenvalue weighted by Gasteiger charge is -2.20. The lowest BCUT2D eigenvalue weighted by molar-refractivity contribution is 0.669. The van der Waals surface area contributed by atoms with Gasteiger partial charge in [0.1, 0.15) is 66.1 Å². The summed E-state index contributed by atoms with van der Waals surface area (Å²) in [6.07, 6.45) is 0. The first kappa shape index (κ1) is 38.5. The molecule has 0 atom stereocenters. The molecule has 3 nitrogen and oxygen atoms in total. The average molecular weight is 796 g/mol. The number of hydrogen-bond donors (Lipinski definition) is 0. The van der Waals surface area contributed by atoms with Gasteiger partial charge in [-0.15, -0.1) is 10.9 Å². The van der Waals surface area contributed by atoms with E-state index in [0.717, 1.165) is 82.9 Å². The highest BCUT2D eigenvalue weighted by atomic mass is 16.3. The summed E-state index contributed by atoms with van der Waals surface area (Å²) in [5.41, 5.74) is 13.8. The second-order valence-electron chi connectivity index (χ2n) is 16.3. The van der Waals surface area contributed by atoms with Crippen molar-refractivity contribution in [2.45, 2.75) is 0 Å². The highest BCUT2D eigenvalue weighted by Crippen LogP contribution is 2.42. The fraction of sp³-hybridized carbons (Fsp3) is 0. The quantitative estimate of drug-likeness (QED) is 0.187. The van der Waals surface area contributed by atoms with Crippen molar-refractivity contribution in [3.8, 4) is 44.8 Å². The minimum Gasteiger partial charge on any atom is -0.456 e. The minimum atomic E-state index is 0.168. The van der Waals surface area contributed by atoms with E-state index in [1.54, 1.807) is 0 Å². The van der Waals surface area contributed by atoms with Crippen molar-refractivity contribution in [1.82, 2.24) is 9.13 Å². The third-order valence-electron chi connectivity index (χ3n) is 12.9. The third-order valence-corrected chi connectivity index (χ3v) is 12.9. The summed E-state index contributed by atoms with van der Waals surface area (Å²) in [7, 11) is 49.1. The molecule has 0 fully saturated rings. The number of hydrogen-bond acceptors (Lipinski definition) is 1. The standard InChI is InChI=1S/C54H27B7N2O/c55-46-42(47(56)51(60)53-44(46)45-48(57)49(58)50(59)52(61)54(45)63(53)37-19-9-7-16-32(37)28-12-3-1-4-13-28)30-22-24-38-36(26-30)43-33(29-14-5-2-6-15-29)18-11-20-39(43)62(38)31-23-25-41-35(27-31)34-17-8-10-21-40(34)64-41/h1-27H. The predicted molar refractivity (Wildman–Crippen MR) is 276 cm³/mol. The summed E-state index contributed by atoms with van der Waals surface area (Å²) in [5.74, 6) is 0. The van der Waals surface area contributed by atoms with E-state index < -0.39 is 0 Å². The van der Waals surface area contributed by atoms with Gasteiger partial charge in [-0.3, -0.25) is 0 Å². The monoisotopic (exact) mass is 796 g/mol. The molecule has 3 heterocycles. The SMILES string of the molecule is [B]c1c([B])c([B])c2c(c1[B])c1c([B])c(-c3ccc4c(c3)c3c(-c5ccccc5)cccc3n4-c3ccc4oc5ccccc5c4c3)c([B])c([B])c1n2-c1ccccc1-c1ccccc1. The van der Waals surface area contributed by atoms with Crippen LogP contribution in [0.4, 0.5) is 0 Å². The molecule has 0 bridgehead atoms. The lowest BCUT2D eigenvalue weighted by atomic mass is 9.64. The topological polar surface area (TPSA) is 23.0 Å². The van der Waals surface area contributed by atoms with Gasteiger partial charge in [-0.25, -0.2) is 0 Å². The smallest absolute Gasteiger partial charge is 0.135 e. The molecule has 3 aromatic heterocycles. The Kier molecular flexibility index (Phi) is 8.69.